The summed E-state index contributed by atoms with van der Waals surface area (Å²) in [5.74, 6) is 0.0352. The minimum absolute atomic E-state index is 0.0352. The second kappa shape index (κ2) is 7.42. The largest absolute Gasteiger partial charge is 0.383 e. The van der Waals surface area contributed by atoms with E-state index in [4.69, 9.17) is 5.26 Å². The molecule has 0 spiro atoms. The first kappa shape index (κ1) is 15.0. The van der Waals surface area contributed by atoms with Crippen molar-refractivity contribution in [3.05, 3.63) is 29.3 Å². The molecule has 0 saturated carbocycles. The number of hydrogen-bond acceptors (Lipinski definition) is 3. The van der Waals surface area contributed by atoms with Gasteiger partial charge in [-0.05, 0) is 38.0 Å². The molecule has 1 aromatic rings. The van der Waals surface area contributed by atoms with Crippen molar-refractivity contribution in [1.29, 1.82) is 5.26 Å². The van der Waals surface area contributed by atoms with Gasteiger partial charge in [0.15, 0.2) is 0 Å². The number of nitriles is 1. The Hall–Kier alpha value is -2.02. The molecule has 0 aromatic heterocycles. The molecule has 0 aliphatic carbocycles. The predicted octanol–water partition coefficient (Wildman–Crippen LogP) is 2.58. The molecule has 19 heavy (non-hydrogen) atoms. The van der Waals surface area contributed by atoms with E-state index >= 15 is 0 Å². The van der Waals surface area contributed by atoms with Crippen LogP contribution in [-0.2, 0) is 4.79 Å². The molecule has 1 unspecified atom stereocenters. The zero-order valence-electron chi connectivity index (χ0n) is 11.8. The van der Waals surface area contributed by atoms with Gasteiger partial charge in [-0.2, -0.15) is 5.26 Å². The first-order valence-corrected chi connectivity index (χ1v) is 6.60. The molecule has 0 saturated heterocycles. The molecule has 0 radical (unpaired) electrons. The molecule has 1 aromatic carbocycles. The minimum atomic E-state index is 0.0352. The summed E-state index contributed by atoms with van der Waals surface area (Å²) in [5, 5.41) is 15.1. The maximum Gasteiger partial charge on any atom is 0.221 e. The van der Waals surface area contributed by atoms with E-state index < -0.39 is 0 Å². The third-order valence-electron chi connectivity index (χ3n) is 2.98. The summed E-state index contributed by atoms with van der Waals surface area (Å²) in [5.41, 5.74) is 2.48. The van der Waals surface area contributed by atoms with E-state index in [-0.39, 0.29) is 11.9 Å². The maximum atomic E-state index is 11.6. The molecule has 1 atom stereocenters. The minimum Gasteiger partial charge on any atom is -0.383 e. The van der Waals surface area contributed by atoms with Gasteiger partial charge in [0.25, 0.3) is 0 Å². The van der Waals surface area contributed by atoms with Gasteiger partial charge in [-0.15, -0.1) is 0 Å². The normalized spacial score (nSPS) is 11.5. The maximum absolute atomic E-state index is 11.6. The van der Waals surface area contributed by atoms with Gasteiger partial charge in [-0.3, -0.25) is 4.79 Å². The molecule has 0 aliphatic rings. The van der Waals surface area contributed by atoms with Gasteiger partial charge >= 0.3 is 0 Å². The number of hydrogen-bond donors (Lipinski definition) is 2. The lowest BCUT2D eigenvalue weighted by atomic mass is 10.1. The van der Waals surface area contributed by atoms with Crippen LogP contribution in [0.3, 0.4) is 0 Å². The van der Waals surface area contributed by atoms with E-state index in [0.29, 0.717) is 18.5 Å². The molecule has 2 N–H and O–H groups in total. The van der Waals surface area contributed by atoms with Crippen molar-refractivity contribution in [3.63, 3.8) is 0 Å². The lowest BCUT2D eigenvalue weighted by molar-refractivity contribution is -0.121. The molecule has 0 heterocycles. The highest BCUT2D eigenvalue weighted by atomic mass is 16.1. The summed E-state index contributed by atoms with van der Waals surface area (Å²) in [4.78, 5) is 11.6. The SMILES string of the molecule is CCC(C)NC(=O)CCNc1cc(C)ccc1C#N. The van der Waals surface area contributed by atoms with E-state index in [2.05, 4.69) is 16.7 Å². The number of rotatable bonds is 6. The van der Waals surface area contributed by atoms with Crippen LogP contribution in [0.5, 0.6) is 0 Å². The van der Waals surface area contributed by atoms with E-state index in [0.717, 1.165) is 17.7 Å². The fraction of sp³-hybridized carbons (Fsp3) is 0.467. The topological polar surface area (TPSA) is 64.9 Å². The fourth-order valence-corrected chi connectivity index (χ4v) is 1.66. The van der Waals surface area contributed by atoms with Gasteiger partial charge in [0.05, 0.1) is 11.3 Å². The molecule has 4 heteroatoms. The lowest BCUT2D eigenvalue weighted by Gasteiger charge is -2.12. The van der Waals surface area contributed by atoms with Gasteiger partial charge in [0.2, 0.25) is 5.91 Å². The van der Waals surface area contributed by atoms with Crippen molar-refractivity contribution < 1.29 is 4.79 Å². The van der Waals surface area contributed by atoms with Crippen LogP contribution in [0, 0.1) is 18.3 Å². The van der Waals surface area contributed by atoms with Crippen molar-refractivity contribution in [1.82, 2.24) is 5.32 Å². The van der Waals surface area contributed by atoms with Gasteiger partial charge < -0.3 is 10.6 Å². The van der Waals surface area contributed by atoms with Crippen molar-refractivity contribution in [2.75, 3.05) is 11.9 Å². The van der Waals surface area contributed by atoms with Crippen LogP contribution in [-0.4, -0.2) is 18.5 Å². The molecule has 1 amide bonds. The van der Waals surface area contributed by atoms with Gasteiger partial charge in [-0.25, -0.2) is 0 Å². The third kappa shape index (κ3) is 5.01. The molecule has 102 valence electrons. The van der Waals surface area contributed by atoms with Crippen LogP contribution in [0.15, 0.2) is 18.2 Å². The van der Waals surface area contributed by atoms with Crippen LogP contribution in [0.2, 0.25) is 0 Å². The fourth-order valence-electron chi connectivity index (χ4n) is 1.66. The molecule has 1 rings (SSSR count). The molecule has 0 fully saturated rings. The first-order chi connectivity index (χ1) is 9.06. The number of carbonyl (C=O) groups is 1. The zero-order valence-corrected chi connectivity index (χ0v) is 11.8. The molecular formula is C15H21N3O. The van der Waals surface area contributed by atoms with Crippen LogP contribution < -0.4 is 10.6 Å². The van der Waals surface area contributed by atoms with Crippen molar-refractivity contribution in [3.8, 4) is 6.07 Å². The Morgan fingerprint density at radius 3 is 2.84 bits per heavy atom. The summed E-state index contributed by atoms with van der Waals surface area (Å²) in [7, 11) is 0. The molecule has 0 bridgehead atoms. The Morgan fingerprint density at radius 2 is 2.21 bits per heavy atom. The van der Waals surface area contributed by atoms with E-state index in [1.54, 1.807) is 6.07 Å². The Kier molecular flexibility index (Phi) is 5.87. The Labute approximate surface area is 114 Å². The number of anilines is 1. The first-order valence-electron chi connectivity index (χ1n) is 6.60. The van der Waals surface area contributed by atoms with Crippen LogP contribution in [0.4, 0.5) is 5.69 Å². The van der Waals surface area contributed by atoms with E-state index in [1.165, 1.54) is 0 Å². The average molecular weight is 259 g/mol. The predicted molar refractivity (Wildman–Crippen MR) is 76.9 cm³/mol. The second-order valence-electron chi connectivity index (χ2n) is 4.71. The molecule has 0 aliphatic heterocycles. The Morgan fingerprint density at radius 1 is 1.47 bits per heavy atom. The summed E-state index contributed by atoms with van der Waals surface area (Å²) >= 11 is 0. The Balaban J connectivity index is 2.47. The average Bonchev–Trinajstić information content (AvgIpc) is 2.38. The number of aryl methyl sites for hydroxylation is 1. The number of amides is 1. The van der Waals surface area contributed by atoms with Crippen LogP contribution in [0.1, 0.15) is 37.8 Å². The summed E-state index contributed by atoms with van der Waals surface area (Å²) in [6, 6.07) is 7.96. The van der Waals surface area contributed by atoms with Crippen LogP contribution in [0.25, 0.3) is 0 Å². The quantitative estimate of drug-likeness (QED) is 0.825. The van der Waals surface area contributed by atoms with E-state index in [1.807, 2.05) is 32.9 Å². The van der Waals surface area contributed by atoms with Gasteiger partial charge in [0, 0.05) is 19.0 Å². The number of benzene rings is 1. The Bertz CT molecular complexity index is 477. The van der Waals surface area contributed by atoms with Gasteiger partial charge in [-0.1, -0.05) is 13.0 Å². The number of nitrogens with zero attached hydrogens (tertiary/aromatic N) is 1. The highest BCUT2D eigenvalue weighted by Crippen LogP contribution is 2.16. The van der Waals surface area contributed by atoms with Crippen molar-refractivity contribution in [2.45, 2.75) is 39.7 Å². The van der Waals surface area contributed by atoms with Gasteiger partial charge in [0.1, 0.15) is 6.07 Å². The summed E-state index contributed by atoms with van der Waals surface area (Å²) < 4.78 is 0. The highest BCUT2D eigenvalue weighted by Gasteiger charge is 2.06. The lowest BCUT2D eigenvalue weighted by Crippen LogP contribution is -2.32. The van der Waals surface area contributed by atoms with Crippen molar-refractivity contribution >= 4 is 11.6 Å². The molecule has 4 nitrogen and oxygen atoms in total. The van der Waals surface area contributed by atoms with E-state index in [9.17, 15) is 4.79 Å². The number of carbonyl (C=O) groups excluding carboxylic acids is 1. The summed E-state index contributed by atoms with van der Waals surface area (Å²) in [6.45, 7) is 6.52. The second-order valence-corrected chi connectivity index (χ2v) is 4.71. The van der Waals surface area contributed by atoms with Crippen molar-refractivity contribution in [2.24, 2.45) is 0 Å². The standard InChI is InChI=1S/C15H21N3O/c1-4-12(3)18-15(19)7-8-17-14-9-11(2)5-6-13(14)10-16/h5-6,9,12,17H,4,7-8H2,1-3H3,(H,18,19). The monoisotopic (exact) mass is 259 g/mol. The zero-order chi connectivity index (χ0) is 14.3. The van der Waals surface area contributed by atoms with Crippen LogP contribution >= 0.6 is 0 Å². The molecular weight excluding hydrogens is 238 g/mol. The summed E-state index contributed by atoms with van der Waals surface area (Å²) in [6.07, 6.45) is 1.33. The highest BCUT2D eigenvalue weighted by molar-refractivity contribution is 5.76. The number of nitrogens with one attached hydrogen (secondary N) is 2. The third-order valence-corrected chi connectivity index (χ3v) is 2.98. The smallest absolute Gasteiger partial charge is 0.221 e.